The summed E-state index contributed by atoms with van der Waals surface area (Å²) >= 11 is 0. The number of ketones is 1. The van der Waals surface area contributed by atoms with Crippen LogP contribution in [0, 0.1) is 5.41 Å². The third kappa shape index (κ3) is 5.67. The van der Waals surface area contributed by atoms with E-state index < -0.39 is 23.8 Å². The van der Waals surface area contributed by atoms with Gasteiger partial charge in [0.2, 0.25) is 0 Å². The molecule has 1 aromatic carbocycles. The molecule has 0 bridgehead atoms. The molecule has 1 aliphatic rings. The van der Waals surface area contributed by atoms with E-state index in [1.807, 2.05) is 39.8 Å². The Morgan fingerprint density at radius 1 is 1.20 bits per heavy atom. The summed E-state index contributed by atoms with van der Waals surface area (Å²) in [5.41, 5.74) is 2.99. The number of hydrogen-bond acceptors (Lipinski definition) is 6. The number of pyridine rings is 1. The number of hydrogen-bond donors (Lipinski definition) is 3. The van der Waals surface area contributed by atoms with E-state index in [0.29, 0.717) is 35.7 Å². The third-order valence-corrected chi connectivity index (χ3v) is 5.79. The molecule has 0 radical (unpaired) electrons. The Morgan fingerprint density at radius 2 is 1.91 bits per heavy atom. The minimum absolute atomic E-state index is 0.0512. The lowest BCUT2D eigenvalue weighted by Crippen LogP contribution is -2.32. The molecule has 1 aromatic heterocycles. The number of ether oxygens (including phenoxy) is 1. The fraction of sp³-hybridized carbons (Fsp3) is 0.423. The molecule has 0 atom stereocenters. The monoisotopic (exact) mass is 480 g/mol. The fourth-order valence-electron chi connectivity index (χ4n) is 3.96. The number of amidine groups is 1. The van der Waals surface area contributed by atoms with Crippen LogP contribution < -0.4 is 10.1 Å². The first kappa shape index (κ1) is 25.9. The molecule has 1 aliphatic heterocycles. The zero-order chi connectivity index (χ0) is 25.9. The highest BCUT2D eigenvalue weighted by atomic mass is 16.5. The van der Waals surface area contributed by atoms with Crippen molar-refractivity contribution in [1.29, 1.82) is 5.41 Å². The molecular weight excluding hydrogens is 448 g/mol. The van der Waals surface area contributed by atoms with Gasteiger partial charge in [-0.05, 0) is 37.0 Å². The van der Waals surface area contributed by atoms with Crippen molar-refractivity contribution in [2.45, 2.75) is 53.0 Å². The van der Waals surface area contributed by atoms with Crippen molar-refractivity contribution in [3.63, 3.8) is 0 Å². The van der Waals surface area contributed by atoms with E-state index in [2.05, 4.69) is 10.3 Å². The summed E-state index contributed by atoms with van der Waals surface area (Å²) in [6, 6.07) is 7.04. The maximum atomic E-state index is 13.4. The van der Waals surface area contributed by atoms with Crippen molar-refractivity contribution >= 4 is 23.5 Å². The van der Waals surface area contributed by atoms with Crippen molar-refractivity contribution in [1.82, 2.24) is 15.2 Å². The van der Waals surface area contributed by atoms with E-state index in [1.54, 1.807) is 17.9 Å². The Bertz CT molecular complexity index is 1180. The molecule has 0 saturated heterocycles. The van der Waals surface area contributed by atoms with Crippen molar-refractivity contribution < 1.29 is 24.2 Å². The molecule has 3 rings (SSSR count). The van der Waals surface area contributed by atoms with E-state index >= 15 is 0 Å². The molecule has 35 heavy (non-hydrogen) atoms. The lowest BCUT2D eigenvalue weighted by atomic mass is 9.83. The lowest BCUT2D eigenvalue weighted by Gasteiger charge is -2.26. The van der Waals surface area contributed by atoms with Crippen LogP contribution in [0.5, 0.6) is 5.75 Å². The molecule has 186 valence electrons. The standard InChI is InChI=1S/C26H32N4O5/c1-6-17-9-8-15-13-30(24(27)22(15)29-17)14-20(31)16-10-18(25(34)28-12-21(32)33)23(35-7-2)19(11-16)26(3,4)5/h8-11,27H,6-7,12-14H2,1-5H3,(H,28,34)(H,32,33). The third-order valence-electron chi connectivity index (χ3n) is 5.79. The smallest absolute Gasteiger partial charge is 0.322 e. The number of fused-ring (bicyclic) bond motifs is 1. The van der Waals surface area contributed by atoms with Crippen molar-refractivity contribution in [2.24, 2.45) is 0 Å². The Labute approximate surface area is 205 Å². The number of carbonyl (C=O) groups is 3. The quantitative estimate of drug-likeness (QED) is 0.470. The lowest BCUT2D eigenvalue weighted by molar-refractivity contribution is -0.135. The predicted molar refractivity (Wildman–Crippen MR) is 131 cm³/mol. The second kappa shape index (κ2) is 10.2. The Balaban J connectivity index is 1.96. The number of amides is 1. The highest BCUT2D eigenvalue weighted by molar-refractivity contribution is 6.06. The average molecular weight is 481 g/mol. The number of aliphatic carboxylic acids is 1. The topological polar surface area (TPSA) is 133 Å². The molecule has 9 nitrogen and oxygen atoms in total. The van der Waals surface area contributed by atoms with Gasteiger partial charge in [0.1, 0.15) is 23.8 Å². The number of carbonyl (C=O) groups excluding carboxylic acids is 2. The number of carboxylic acids is 1. The molecule has 0 unspecified atom stereocenters. The minimum atomic E-state index is -1.17. The molecule has 0 spiro atoms. The molecule has 0 aliphatic carbocycles. The first-order chi connectivity index (χ1) is 16.5. The summed E-state index contributed by atoms with van der Waals surface area (Å²) in [7, 11) is 0. The Morgan fingerprint density at radius 3 is 2.51 bits per heavy atom. The second-order valence-electron chi connectivity index (χ2n) is 9.45. The van der Waals surface area contributed by atoms with Gasteiger partial charge in [0, 0.05) is 28.9 Å². The van der Waals surface area contributed by atoms with Crippen LogP contribution in [0.1, 0.15) is 77.8 Å². The van der Waals surface area contributed by atoms with Gasteiger partial charge in [-0.3, -0.25) is 19.8 Å². The summed E-state index contributed by atoms with van der Waals surface area (Å²) in [6.07, 6.45) is 0.758. The van der Waals surface area contributed by atoms with Gasteiger partial charge in [0.05, 0.1) is 18.7 Å². The fourth-order valence-corrected chi connectivity index (χ4v) is 3.96. The Kier molecular flexibility index (Phi) is 7.57. The van der Waals surface area contributed by atoms with Crippen LogP contribution in [0.25, 0.3) is 0 Å². The highest BCUT2D eigenvalue weighted by Crippen LogP contribution is 2.36. The summed E-state index contributed by atoms with van der Waals surface area (Å²) in [6.45, 7) is 9.73. The number of carboxylic acid groups (broad SMARTS) is 1. The average Bonchev–Trinajstić information content (AvgIpc) is 3.11. The normalized spacial score (nSPS) is 12.9. The summed E-state index contributed by atoms with van der Waals surface area (Å²) in [5.74, 6) is -1.54. The highest BCUT2D eigenvalue weighted by Gasteiger charge is 2.30. The predicted octanol–water partition coefficient (Wildman–Crippen LogP) is 3.18. The SMILES string of the molecule is CCOc1c(C(=O)NCC(=O)O)cc(C(=O)CN2Cc3ccc(CC)nc3C2=N)cc1C(C)(C)C. The number of rotatable bonds is 9. The zero-order valence-electron chi connectivity index (χ0n) is 20.8. The van der Waals surface area contributed by atoms with Crippen molar-refractivity contribution in [2.75, 3.05) is 19.7 Å². The molecule has 0 fully saturated rings. The van der Waals surface area contributed by atoms with E-state index in [0.717, 1.165) is 17.7 Å². The molecule has 2 heterocycles. The van der Waals surface area contributed by atoms with Gasteiger partial charge in [-0.2, -0.15) is 0 Å². The van der Waals surface area contributed by atoms with E-state index in [9.17, 15) is 14.4 Å². The van der Waals surface area contributed by atoms with Crippen LogP contribution in [0.4, 0.5) is 0 Å². The number of Topliss-reactive ketones (excluding diaryl/α,β-unsaturated/α-hetero) is 1. The van der Waals surface area contributed by atoms with Crippen LogP contribution in [0.2, 0.25) is 0 Å². The van der Waals surface area contributed by atoms with Gasteiger partial charge < -0.3 is 20.1 Å². The van der Waals surface area contributed by atoms with Gasteiger partial charge >= 0.3 is 5.97 Å². The number of aryl methyl sites for hydroxylation is 1. The summed E-state index contributed by atoms with van der Waals surface area (Å²) < 4.78 is 5.80. The zero-order valence-corrected chi connectivity index (χ0v) is 20.8. The van der Waals surface area contributed by atoms with Gasteiger partial charge in [-0.1, -0.05) is 33.8 Å². The van der Waals surface area contributed by atoms with Crippen LogP contribution in [-0.4, -0.2) is 58.2 Å². The van der Waals surface area contributed by atoms with Crippen LogP contribution >= 0.6 is 0 Å². The van der Waals surface area contributed by atoms with E-state index in [1.165, 1.54) is 6.07 Å². The maximum absolute atomic E-state index is 13.4. The van der Waals surface area contributed by atoms with Gasteiger partial charge in [-0.15, -0.1) is 0 Å². The van der Waals surface area contributed by atoms with E-state index in [-0.39, 0.29) is 23.7 Å². The molecule has 1 amide bonds. The summed E-state index contributed by atoms with van der Waals surface area (Å²) in [4.78, 5) is 43.4. The molecule has 2 aromatic rings. The van der Waals surface area contributed by atoms with Gasteiger partial charge in [-0.25, -0.2) is 4.98 Å². The molecule has 9 heteroatoms. The van der Waals surface area contributed by atoms with E-state index in [4.69, 9.17) is 15.3 Å². The summed E-state index contributed by atoms with van der Waals surface area (Å²) in [5, 5.41) is 19.9. The van der Waals surface area contributed by atoms with Crippen molar-refractivity contribution in [3.05, 3.63) is 57.9 Å². The largest absolute Gasteiger partial charge is 0.493 e. The first-order valence-corrected chi connectivity index (χ1v) is 11.6. The first-order valence-electron chi connectivity index (χ1n) is 11.6. The number of benzene rings is 1. The minimum Gasteiger partial charge on any atom is -0.493 e. The van der Waals surface area contributed by atoms with Gasteiger partial charge in [0.15, 0.2) is 5.78 Å². The van der Waals surface area contributed by atoms with Gasteiger partial charge in [0.25, 0.3) is 5.91 Å². The van der Waals surface area contributed by atoms with Crippen LogP contribution in [0.15, 0.2) is 24.3 Å². The maximum Gasteiger partial charge on any atom is 0.322 e. The second-order valence-corrected chi connectivity index (χ2v) is 9.45. The van der Waals surface area contributed by atoms with Crippen molar-refractivity contribution in [3.8, 4) is 5.75 Å². The Hall–Kier alpha value is -3.75. The van der Waals surface area contributed by atoms with Crippen LogP contribution in [0.3, 0.4) is 0 Å². The number of nitrogens with one attached hydrogen (secondary N) is 2. The van der Waals surface area contributed by atoms with Crippen LogP contribution in [-0.2, 0) is 23.2 Å². The molecule has 0 saturated carbocycles. The number of nitrogens with zero attached hydrogens (tertiary/aromatic N) is 2. The molecular formula is C26H32N4O5. The molecule has 3 N–H and O–H groups in total. The number of aromatic nitrogens is 1.